The minimum Gasteiger partial charge on any atom is -0.454 e. The van der Waals surface area contributed by atoms with Crippen LogP contribution in [0.15, 0.2) is 36.4 Å². The average molecular weight is 425 g/mol. The molecule has 1 aliphatic rings. The highest BCUT2D eigenvalue weighted by atomic mass is 35.5. The smallest absolute Gasteiger partial charge is 0.325 e. The van der Waals surface area contributed by atoms with Crippen LogP contribution in [0.2, 0.25) is 10.0 Å². The van der Waals surface area contributed by atoms with Crippen LogP contribution >= 0.6 is 23.2 Å². The Kier molecular flexibility index (Phi) is 6.23. The predicted molar refractivity (Wildman–Crippen MR) is 101 cm³/mol. The fraction of sp³-hybridized carbons (Fsp3) is 0.167. The lowest BCUT2D eigenvalue weighted by atomic mass is 10.2. The Morgan fingerprint density at radius 3 is 2.68 bits per heavy atom. The zero-order valence-corrected chi connectivity index (χ0v) is 15.8. The van der Waals surface area contributed by atoms with E-state index in [2.05, 4.69) is 10.6 Å². The molecule has 2 N–H and O–H groups in total. The molecule has 1 aliphatic heterocycles. The van der Waals surface area contributed by atoms with Crippen molar-refractivity contribution >= 4 is 46.7 Å². The zero-order valence-electron chi connectivity index (χ0n) is 14.3. The minimum atomic E-state index is -0.776. The Bertz CT molecular complexity index is 934. The van der Waals surface area contributed by atoms with Crippen LogP contribution in [-0.2, 0) is 14.3 Å². The third kappa shape index (κ3) is 4.85. The van der Waals surface area contributed by atoms with Crippen molar-refractivity contribution < 1.29 is 28.6 Å². The Morgan fingerprint density at radius 2 is 1.86 bits per heavy atom. The van der Waals surface area contributed by atoms with Gasteiger partial charge in [-0.2, -0.15) is 0 Å². The molecule has 0 fully saturated rings. The van der Waals surface area contributed by atoms with Gasteiger partial charge in [0.25, 0.3) is 11.8 Å². The third-order valence-electron chi connectivity index (χ3n) is 3.62. The highest BCUT2D eigenvalue weighted by Crippen LogP contribution is 2.32. The molecule has 0 spiro atoms. The zero-order chi connectivity index (χ0) is 20.1. The molecule has 146 valence electrons. The minimum absolute atomic E-state index is 0.0925. The number of benzene rings is 2. The first-order chi connectivity index (χ1) is 13.4. The standard InChI is InChI=1S/C18H14Cl2N2O6/c19-11-2-1-3-12(17(11)20)22-15(23)8-26-16(24)7-21-18(25)10-4-5-13-14(6-10)28-9-27-13/h1-6H,7-9H2,(H,21,25)(H,22,23). The summed E-state index contributed by atoms with van der Waals surface area (Å²) in [6, 6.07) is 9.38. The van der Waals surface area contributed by atoms with E-state index in [-0.39, 0.29) is 16.8 Å². The van der Waals surface area contributed by atoms with Crippen molar-refractivity contribution in [3.63, 3.8) is 0 Å². The SMILES string of the molecule is O=C(COC(=O)CNC(=O)c1ccc2c(c1)OCO2)Nc1cccc(Cl)c1Cl. The molecule has 0 saturated heterocycles. The number of hydrogen-bond acceptors (Lipinski definition) is 6. The van der Waals surface area contributed by atoms with Crippen molar-refractivity contribution in [1.82, 2.24) is 5.32 Å². The number of amides is 2. The number of ether oxygens (including phenoxy) is 3. The van der Waals surface area contributed by atoms with Gasteiger partial charge in [0.1, 0.15) is 6.54 Å². The van der Waals surface area contributed by atoms with E-state index in [0.717, 1.165) is 0 Å². The maximum atomic E-state index is 12.1. The largest absolute Gasteiger partial charge is 0.454 e. The van der Waals surface area contributed by atoms with Gasteiger partial charge in [0.05, 0.1) is 15.7 Å². The predicted octanol–water partition coefficient (Wildman–Crippen LogP) is 2.63. The van der Waals surface area contributed by atoms with E-state index in [4.69, 9.17) is 37.4 Å². The first-order valence-corrected chi connectivity index (χ1v) is 8.77. The van der Waals surface area contributed by atoms with Crippen LogP contribution in [0, 0.1) is 0 Å². The van der Waals surface area contributed by atoms with Crippen LogP contribution in [0.4, 0.5) is 5.69 Å². The fourth-order valence-corrected chi connectivity index (χ4v) is 2.62. The number of carbonyl (C=O) groups excluding carboxylic acids is 3. The van der Waals surface area contributed by atoms with Crippen LogP contribution in [0.1, 0.15) is 10.4 Å². The molecule has 0 bridgehead atoms. The van der Waals surface area contributed by atoms with E-state index in [1.807, 2.05) is 0 Å². The number of anilines is 1. The summed E-state index contributed by atoms with van der Waals surface area (Å²) in [5.74, 6) is -0.875. The molecule has 2 amide bonds. The highest BCUT2D eigenvalue weighted by molar-refractivity contribution is 6.44. The van der Waals surface area contributed by atoms with Crippen molar-refractivity contribution in [1.29, 1.82) is 0 Å². The van der Waals surface area contributed by atoms with Crippen LogP contribution < -0.4 is 20.1 Å². The quantitative estimate of drug-likeness (QED) is 0.690. The second-order valence-corrected chi connectivity index (χ2v) is 6.35. The molecule has 0 aromatic heterocycles. The number of fused-ring (bicyclic) bond motifs is 1. The van der Waals surface area contributed by atoms with Crippen LogP contribution in [-0.4, -0.2) is 37.7 Å². The molecule has 0 aliphatic carbocycles. The van der Waals surface area contributed by atoms with Gasteiger partial charge < -0.3 is 24.8 Å². The maximum absolute atomic E-state index is 12.1. The van der Waals surface area contributed by atoms with E-state index < -0.39 is 30.9 Å². The van der Waals surface area contributed by atoms with Gasteiger partial charge in [-0.15, -0.1) is 0 Å². The van der Waals surface area contributed by atoms with E-state index in [1.165, 1.54) is 12.1 Å². The molecular formula is C18H14Cl2N2O6. The lowest BCUT2D eigenvalue weighted by Gasteiger charge is -2.09. The molecular weight excluding hydrogens is 411 g/mol. The fourth-order valence-electron chi connectivity index (χ4n) is 2.28. The van der Waals surface area contributed by atoms with Crippen molar-refractivity contribution in [3.05, 3.63) is 52.0 Å². The van der Waals surface area contributed by atoms with Crippen molar-refractivity contribution in [2.24, 2.45) is 0 Å². The number of carbonyl (C=O) groups is 3. The van der Waals surface area contributed by atoms with Crippen molar-refractivity contribution in [3.8, 4) is 11.5 Å². The Morgan fingerprint density at radius 1 is 1.07 bits per heavy atom. The number of rotatable bonds is 6. The molecule has 1 heterocycles. The number of hydrogen-bond donors (Lipinski definition) is 2. The molecule has 2 aromatic rings. The molecule has 28 heavy (non-hydrogen) atoms. The molecule has 8 nitrogen and oxygen atoms in total. The Hall–Kier alpha value is -2.97. The Labute approximate surface area is 169 Å². The summed E-state index contributed by atoms with van der Waals surface area (Å²) in [4.78, 5) is 35.7. The molecule has 0 unspecified atom stereocenters. The summed E-state index contributed by atoms with van der Waals surface area (Å²) in [5.41, 5.74) is 0.594. The van der Waals surface area contributed by atoms with Gasteiger partial charge in [0.15, 0.2) is 18.1 Å². The van der Waals surface area contributed by atoms with Crippen molar-refractivity contribution in [2.45, 2.75) is 0 Å². The van der Waals surface area contributed by atoms with Gasteiger partial charge in [-0.1, -0.05) is 29.3 Å². The average Bonchev–Trinajstić information content (AvgIpc) is 3.16. The first kappa shape index (κ1) is 19.8. The number of halogens is 2. The number of esters is 1. The second kappa shape index (κ2) is 8.81. The van der Waals surface area contributed by atoms with Crippen molar-refractivity contribution in [2.75, 3.05) is 25.3 Å². The van der Waals surface area contributed by atoms with Gasteiger partial charge >= 0.3 is 5.97 Å². The topological polar surface area (TPSA) is 103 Å². The van der Waals surface area contributed by atoms with Gasteiger partial charge in [-0.25, -0.2) is 0 Å². The monoisotopic (exact) mass is 424 g/mol. The molecule has 0 radical (unpaired) electrons. The van der Waals surface area contributed by atoms with Gasteiger partial charge in [0.2, 0.25) is 6.79 Å². The summed E-state index contributed by atoms with van der Waals surface area (Å²) in [5, 5.41) is 5.34. The van der Waals surface area contributed by atoms with Crippen LogP contribution in [0.3, 0.4) is 0 Å². The Balaban J connectivity index is 1.43. The summed E-state index contributed by atoms with van der Waals surface area (Å²) < 4.78 is 15.2. The molecule has 0 atom stereocenters. The van der Waals surface area contributed by atoms with E-state index >= 15 is 0 Å². The van der Waals surface area contributed by atoms with Gasteiger partial charge in [-0.3, -0.25) is 14.4 Å². The van der Waals surface area contributed by atoms with Gasteiger partial charge in [-0.05, 0) is 30.3 Å². The molecule has 10 heteroatoms. The van der Waals surface area contributed by atoms with E-state index in [9.17, 15) is 14.4 Å². The second-order valence-electron chi connectivity index (χ2n) is 5.56. The van der Waals surface area contributed by atoms with Gasteiger partial charge in [0, 0.05) is 5.56 Å². The van der Waals surface area contributed by atoms with E-state index in [0.29, 0.717) is 22.7 Å². The highest BCUT2D eigenvalue weighted by Gasteiger charge is 2.17. The maximum Gasteiger partial charge on any atom is 0.325 e. The van der Waals surface area contributed by atoms with Crippen LogP contribution in [0.25, 0.3) is 0 Å². The normalized spacial score (nSPS) is 11.6. The van der Waals surface area contributed by atoms with E-state index in [1.54, 1.807) is 24.3 Å². The summed E-state index contributed by atoms with van der Waals surface area (Å²) in [6.45, 7) is -0.852. The first-order valence-electron chi connectivity index (χ1n) is 8.01. The summed E-state index contributed by atoms with van der Waals surface area (Å²) in [7, 11) is 0. The summed E-state index contributed by atoms with van der Waals surface area (Å²) in [6.07, 6.45) is 0. The molecule has 2 aromatic carbocycles. The lowest BCUT2D eigenvalue weighted by Crippen LogP contribution is -2.32. The van der Waals surface area contributed by atoms with Crippen LogP contribution in [0.5, 0.6) is 11.5 Å². The third-order valence-corrected chi connectivity index (χ3v) is 4.44. The lowest BCUT2D eigenvalue weighted by molar-refractivity contribution is -0.146. The number of nitrogens with one attached hydrogen (secondary N) is 2. The molecule has 0 saturated carbocycles. The summed E-state index contributed by atoms with van der Waals surface area (Å²) >= 11 is 11.8. The molecule has 3 rings (SSSR count).